The first-order chi connectivity index (χ1) is 4.16. The second-order valence-electron chi connectivity index (χ2n) is 2.43. The number of hydrogen-bond acceptors (Lipinski definition) is 1. The predicted molar refractivity (Wildman–Crippen MR) is 37.8 cm³/mol. The molecule has 0 aliphatic heterocycles. The van der Waals surface area contributed by atoms with Gasteiger partial charge >= 0.3 is 0 Å². The predicted octanol–water partition coefficient (Wildman–Crippen LogP) is 0.983. The number of carbonyl (C=O) groups excluding carboxylic acids is 1. The van der Waals surface area contributed by atoms with Crippen LogP contribution in [0.5, 0.6) is 0 Å². The first kappa shape index (κ1) is 8.47. The molecule has 9 heavy (non-hydrogen) atoms. The van der Waals surface area contributed by atoms with Gasteiger partial charge in [0, 0.05) is 13.0 Å². The first-order valence-electron chi connectivity index (χ1n) is 3.24. The highest BCUT2D eigenvalue weighted by Gasteiger charge is 1.96. The molecule has 0 unspecified atom stereocenters. The summed E-state index contributed by atoms with van der Waals surface area (Å²) < 4.78 is 0. The average Bonchev–Trinajstić information content (AvgIpc) is 1.83. The van der Waals surface area contributed by atoms with Gasteiger partial charge in [-0.3, -0.25) is 4.79 Å². The minimum atomic E-state index is 0.0173. The number of hydrogen-bond donors (Lipinski definition) is 1. The van der Waals surface area contributed by atoms with Crippen molar-refractivity contribution in [2.45, 2.75) is 20.8 Å². The molecule has 0 saturated heterocycles. The topological polar surface area (TPSA) is 29.1 Å². The van der Waals surface area contributed by atoms with Crippen LogP contribution in [0.3, 0.4) is 0 Å². The molecule has 0 aromatic heterocycles. The third-order valence-electron chi connectivity index (χ3n) is 0.947. The number of nitrogens with one attached hydrogen (secondary N) is 1. The summed E-state index contributed by atoms with van der Waals surface area (Å²) in [5.41, 5.74) is 0. The molecule has 0 aliphatic carbocycles. The van der Waals surface area contributed by atoms with Crippen LogP contribution in [-0.2, 0) is 4.79 Å². The summed E-state index contributed by atoms with van der Waals surface area (Å²) in [4.78, 5) is 10.5. The third-order valence-corrected chi connectivity index (χ3v) is 0.947. The fraction of sp³-hybridized carbons (Fsp3) is 0.714. The van der Waals surface area contributed by atoms with Crippen molar-refractivity contribution < 1.29 is 4.79 Å². The van der Waals surface area contributed by atoms with Crippen molar-refractivity contribution in [2.75, 3.05) is 6.54 Å². The fourth-order valence-corrected chi connectivity index (χ4v) is 0.407. The Morgan fingerprint density at radius 1 is 1.67 bits per heavy atom. The molecule has 1 N–H and O–H groups in total. The van der Waals surface area contributed by atoms with E-state index in [-0.39, 0.29) is 5.91 Å². The second-order valence-corrected chi connectivity index (χ2v) is 2.43. The van der Waals surface area contributed by atoms with Crippen molar-refractivity contribution in [3.63, 3.8) is 0 Å². The molecule has 53 valence electrons. The van der Waals surface area contributed by atoms with Gasteiger partial charge in [0.05, 0.1) is 0 Å². The van der Waals surface area contributed by atoms with Crippen molar-refractivity contribution in [1.29, 1.82) is 0 Å². The van der Waals surface area contributed by atoms with Gasteiger partial charge in [-0.15, -0.1) is 0 Å². The zero-order valence-electron chi connectivity index (χ0n) is 6.27. The maximum absolute atomic E-state index is 10.5. The highest BCUT2D eigenvalue weighted by Crippen LogP contribution is 1.86. The molecule has 0 aromatic carbocycles. The molecule has 0 atom stereocenters. The minimum Gasteiger partial charge on any atom is -0.356 e. The van der Waals surface area contributed by atoms with Crippen molar-refractivity contribution >= 4 is 5.91 Å². The van der Waals surface area contributed by atoms with Crippen molar-refractivity contribution in [3.05, 3.63) is 6.42 Å². The number of amides is 1. The summed E-state index contributed by atoms with van der Waals surface area (Å²) in [6, 6.07) is 0. The maximum Gasteiger partial charge on any atom is 0.223 e. The van der Waals surface area contributed by atoms with E-state index in [1.807, 2.05) is 0 Å². The largest absolute Gasteiger partial charge is 0.356 e. The van der Waals surface area contributed by atoms with Gasteiger partial charge < -0.3 is 5.32 Å². The van der Waals surface area contributed by atoms with E-state index in [1.54, 1.807) is 6.92 Å². The minimum absolute atomic E-state index is 0.0173. The van der Waals surface area contributed by atoms with Crippen LogP contribution < -0.4 is 5.32 Å². The zero-order chi connectivity index (χ0) is 7.28. The molecule has 0 rings (SSSR count). The lowest BCUT2D eigenvalue weighted by Gasteiger charge is -2.04. The third kappa shape index (κ3) is 5.34. The van der Waals surface area contributed by atoms with Crippen LogP contribution in [0.4, 0.5) is 0 Å². The normalized spacial score (nSPS) is 9.78. The Labute approximate surface area is 56.6 Å². The van der Waals surface area contributed by atoms with Gasteiger partial charge in [-0.05, 0) is 5.92 Å². The van der Waals surface area contributed by atoms with Gasteiger partial charge in [0.15, 0.2) is 0 Å². The lowest BCUT2D eigenvalue weighted by atomic mass is 10.2. The Hall–Kier alpha value is -0.530. The van der Waals surface area contributed by atoms with Crippen LogP contribution in [0.2, 0.25) is 0 Å². The summed E-state index contributed by atoms with van der Waals surface area (Å²) in [5, 5.41) is 2.74. The highest BCUT2D eigenvalue weighted by molar-refractivity contribution is 5.83. The van der Waals surface area contributed by atoms with E-state index in [0.717, 1.165) is 6.54 Å². The number of carbonyl (C=O) groups is 1. The first-order valence-corrected chi connectivity index (χ1v) is 3.24. The SMILES string of the molecule is C[CH]C(=O)NCC(C)C. The fourth-order valence-electron chi connectivity index (χ4n) is 0.407. The molecule has 0 fully saturated rings. The molecular formula is C7H14NO. The molecule has 2 nitrogen and oxygen atoms in total. The van der Waals surface area contributed by atoms with E-state index in [2.05, 4.69) is 19.2 Å². The van der Waals surface area contributed by atoms with E-state index in [4.69, 9.17) is 0 Å². The summed E-state index contributed by atoms with van der Waals surface area (Å²) in [6.07, 6.45) is 1.53. The van der Waals surface area contributed by atoms with Crippen LogP contribution in [0.1, 0.15) is 20.8 Å². The second kappa shape index (κ2) is 4.36. The van der Waals surface area contributed by atoms with Crippen molar-refractivity contribution in [2.24, 2.45) is 5.92 Å². The Morgan fingerprint density at radius 3 is 2.56 bits per heavy atom. The quantitative estimate of drug-likeness (QED) is 0.603. The van der Waals surface area contributed by atoms with E-state index in [0.29, 0.717) is 5.92 Å². The molecule has 2 heteroatoms. The van der Waals surface area contributed by atoms with Gasteiger partial charge in [-0.1, -0.05) is 20.8 Å². The Bertz CT molecular complexity index is 88.9. The van der Waals surface area contributed by atoms with Crippen LogP contribution in [-0.4, -0.2) is 12.5 Å². The molecular weight excluding hydrogens is 114 g/mol. The molecule has 1 amide bonds. The summed E-state index contributed by atoms with van der Waals surface area (Å²) in [6.45, 7) is 6.63. The summed E-state index contributed by atoms with van der Waals surface area (Å²) in [7, 11) is 0. The average molecular weight is 128 g/mol. The lowest BCUT2D eigenvalue weighted by molar-refractivity contribution is -0.117. The van der Waals surface area contributed by atoms with E-state index in [1.165, 1.54) is 6.42 Å². The van der Waals surface area contributed by atoms with Gasteiger partial charge in [-0.25, -0.2) is 0 Å². The monoisotopic (exact) mass is 128 g/mol. The Kier molecular flexibility index (Phi) is 4.10. The molecule has 0 spiro atoms. The molecule has 0 aliphatic rings. The van der Waals surface area contributed by atoms with Gasteiger partial charge in [0.25, 0.3) is 0 Å². The van der Waals surface area contributed by atoms with E-state index in [9.17, 15) is 4.79 Å². The van der Waals surface area contributed by atoms with Gasteiger partial charge in [0.1, 0.15) is 0 Å². The van der Waals surface area contributed by atoms with Gasteiger partial charge in [0.2, 0.25) is 5.91 Å². The highest BCUT2D eigenvalue weighted by atomic mass is 16.1. The van der Waals surface area contributed by atoms with Crippen LogP contribution in [0.25, 0.3) is 0 Å². The van der Waals surface area contributed by atoms with Crippen molar-refractivity contribution in [1.82, 2.24) is 5.32 Å². The van der Waals surface area contributed by atoms with Gasteiger partial charge in [-0.2, -0.15) is 0 Å². The van der Waals surface area contributed by atoms with Crippen LogP contribution >= 0.6 is 0 Å². The summed E-state index contributed by atoms with van der Waals surface area (Å²) >= 11 is 0. The molecule has 0 bridgehead atoms. The molecule has 0 heterocycles. The number of rotatable bonds is 3. The molecule has 1 radical (unpaired) electrons. The maximum atomic E-state index is 10.5. The molecule has 0 saturated carbocycles. The lowest BCUT2D eigenvalue weighted by Crippen LogP contribution is -2.26. The van der Waals surface area contributed by atoms with E-state index < -0.39 is 0 Å². The molecule has 0 aromatic rings. The zero-order valence-corrected chi connectivity index (χ0v) is 6.27. The van der Waals surface area contributed by atoms with Crippen LogP contribution in [0.15, 0.2) is 0 Å². The van der Waals surface area contributed by atoms with Crippen molar-refractivity contribution in [3.8, 4) is 0 Å². The van der Waals surface area contributed by atoms with Crippen LogP contribution in [0, 0.1) is 12.3 Å². The smallest absolute Gasteiger partial charge is 0.223 e. The Balaban J connectivity index is 3.17. The summed E-state index contributed by atoms with van der Waals surface area (Å²) in [5.74, 6) is 0.553. The van der Waals surface area contributed by atoms with E-state index >= 15 is 0 Å². The standard InChI is InChI=1S/C7H14NO/c1-4-7(9)8-5-6(2)3/h4,6H,5H2,1-3H3,(H,8,9). The Morgan fingerprint density at radius 2 is 2.22 bits per heavy atom.